The van der Waals surface area contributed by atoms with Crippen LogP contribution in [0.5, 0.6) is 0 Å². The van der Waals surface area contributed by atoms with Crippen molar-refractivity contribution in [3.63, 3.8) is 0 Å². The SMILES string of the molecule is Cc1ccccc1CN(C)C[C@@H]1OCc2cnnn2CCCC(=O)N([C@@H](C)CO)C[C@H]1C. The number of carbonyl (C=O) groups excluding carboxylic acids is 1. The molecule has 1 aliphatic heterocycles. The molecule has 0 fully saturated rings. The first-order valence-corrected chi connectivity index (χ1v) is 11.5. The second-order valence-corrected chi connectivity index (χ2v) is 9.08. The predicted octanol–water partition coefficient (Wildman–Crippen LogP) is 2.24. The summed E-state index contributed by atoms with van der Waals surface area (Å²) < 4.78 is 8.23. The van der Waals surface area contributed by atoms with Gasteiger partial charge in [0.05, 0.1) is 37.3 Å². The van der Waals surface area contributed by atoms with E-state index in [1.807, 2.05) is 16.5 Å². The number of aryl methyl sites for hydroxylation is 2. The van der Waals surface area contributed by atoms with E-state index >= 15 is 0 Å². The van der Waals surface area contributed by atoms with Gasteiger partial charge in [-0.1, -0.05) is 36.4 Å². The van der Waals surface area contributed by atoms with Crippen molar-refractivity contribution in [2.45, 2.75) is 65.5 Å². The van der Waals surface area contributed by atoms with Gasteiger partial charge in [0.2, 0.25) is 5.91 Å². The lowest BCUT2D eigenvalue weighted by molar-refractivity contribution is -0.136. The van der Waals surface area contributed by atoms with E-state index in [9.17, 15) is 9.90 Å². The van der Waals surface area contributed by atoms with Crippen LogP contribution in [0.25, 0.3) is 0 Å². The lowest BCUT2D eigenvalue weighted by atomic mass is 10.0. The van der Waals surface area contributed by atoms with E-state index in [1.54, 1.807) is 6.20 Å². The van der Waals surface area contributed by atoms with Crippen molar-refractivity contribution < 1.29 is 14.6 Å². The number of hydrogen-bond donors (Lipinski definition) is 1. The van der Waals surface area contributed by atoms with E-state index in [1.165, 1.54) is 11.1 Å². The Kier molecular flexibility index (Phi) is 8.78. The summed E-state index contributed by atoms with van der Waals surface area (Å²) in [6.07, 6.45) is 2.76. The van der Waals surface area contributed by atoms with Crippen LogP contribution < -0.4 is 0 Å². The average molecular weight is 444 g/mol. The molecule has 8 nitrogen and oxygen atoms in total. The second-order valence-electron chi connectivity index (χ2n) is 9.08. The average Bonchev–Trinajstić information content (AvgIpc) is 3.22. The topological polar surface area (TPSA) is 83.7 Å². The quantitative estimate of drug-likeness (QED) is 0.737. The maximum Gasteiger partial charge on any atom is 0.222 e. The van der Waals surface area contributed by atoms with E-state index in [0.717, 1.165) is 18.8 Å². The number of amides is 1. The van der Waals surface area contributed by atoms with E-state index in [2.05, 4.69) is 60.4 Å². The van der Waals surface area contributed by atoms with Crippen molar-refractivity contribution in [3.8, 4) is 0 Å². The fourth-order valence-corrected chi connectivity index (χ4v) is 4.20. The highest BCUT2D eigenvalue weighted by molar-refractivity contribution is 5.76. The van der Waals surface area contributed by atoms with Gasteiger partial charge in [0, 0.05) is 38.5 Å². The van der Waals surface area contributed by atoms with Crippen molar-refractivity contribution in [2.75, 3.05) is 26.7 Å². The summed E-state index contributed by atoms with van der Waals surface area (Å²) in [5, 5.41) is 17.9. The molecule has 0 bridgehead atoms. The van der Waals surface area contributed by atoms with Crippen LogP contribution in [-0.4, -0.2) is 74.7 Å². The van der Waals surface area contributed by atoms with E-state index in [0.29, 0.717) is 32.5 Å². The number of fused-ring (bicyclic) bond motifs is 1. The van der Waals surface area contributed by atoms with Crippen LogP contribution in [0, 0.1) is 12.8 Å². The number of carbonyl (C=O) groups is 1. The Hall–Kier alpha value is -2.29. The molecule has 0 radical (unpaired) electrons. The maximum atomic E-state index is 13.0. The number of likely N-dealkylation sites (N-methyl/N-ethyl adjacent to an activating group) is 1. The normalized spacial score (nSPS) is 21.7. The van der Waals surface area contributed by atoms with Gasteiger partial charge in [0.1, 0.15) is 0 Å². The first kappa shape index (κ1) is 24.4. The Bertz CT molecular complexity index is 871. The number of aromatic nitrogens is 3. The molecular formula is C24H37N5O3. The van der Waals surface area contributed by atoms with Crippen LogP contribution in [0.1, 0.15) is 43.5 Å². The van der Waals surface area contributed by atoms with Gasteiger partial charge in [-0.3, -0.25) is 9.69 Å². The Morgan fingerprint density at radius 2 is 2.12 bits per heavy atom. The molecule has 1 aliphatic rings. The summed E-state index contributed by atoms with van der Waals surface area (Å²) in [5.74, 6) is 0.156. The molecule has 8 heteroatoms. The zero-order valence-corrected chi connectivity index (χ0v) is 19.8. The minimum atomic E-state index is -0.222. The first-order chi connectivity index (χ1) is 15.4. The molecule has 0 saturated heterocycles. The van der Waals surface area contributed by atoms with E-state index in [-0.39, 0.29) is 30.6 Å². The minimum Gasteiger partial charge on any atom is -0.394 e. The second kappa shape index (κ2) is 11.5. The highest BCUT2D eigenvalue weighted by atomic mass is 16.5. The monoisotopic (exact) mass is 443 g/mol. The highest BCUT2D eigenvalue weighted by Gasteiger charge is 2.28. The fourth-order valence-electron chi connectivity index (χ4n) is 4.20. The first-order valence-electron chi connectivity index (χ1n) is 11.5. The number of hydrogen-bond acceptors (Lipinski definition) is 6. The third-order valence-corrected chi connectivity index (χ3v) is 6.33. The summed E-state index contributed by atoms with van der Waals surface area (Å²) >= 11 is 0. The minimum absolute atomic E-state index is 0.0512. The van der Waals surface area contributed by atoms with Gasteiger partial charge in [-0.05, 0) is 38.4 Å². The van der Waals surface area contributed by atoms with Crippen molar-refractivity contribution in [2.24, 2.45) is 5.92 Å². The Morgan fingerprint density at radius 3 is 2.88 bits per heavy atom. The number of aliphatic hydroxyl groups is 1. The van der Waals surface area contributed by atoms with Gasteiger partial charge in [0.25, 0.3) is 0 Å². The Morgan fingerprint density at radius 1 is 1.34 bits per heavy atom. The van der Waals surface area contributed by atoms with Gasteiger partial charge in [-0.25, -0.2) is 4.68 Å². The summed E-state index contributed by atoms with van der Waals surface area (Å²) in [7, 11) is 2.10. The van der Waals surface area contributed by atoms with Crippen LogP contribution >= 0.6 is 0 Å². The van der Waals surface area contributed by atoms with E-state index < -0.39 is 0 Å². The van der Waals surface area contributed by atoms with Gasteiger partial charge < -0.3 is 14.7 Å². The molecule has 0 aliphatic carbocycles. The summed E-state index contributed by atoms with van der Waals surface area (Å²) in [4.78, 5) is 17.0. The fraction of sp³-hybridized carbons (Fsp3) is 0.625. The largest absolute Gasteiger partial charge is 0.394 e. The number of ether oxygens (including phenoxy) is 1. The number of rotatable bonds is 6. The third-order valence-electron chi connectivity index (χ3n) is 6.33. The third kappa shape index (κ3) is 6.37. The molecule has 0 spiro atoms. The van der Waals surface area contributed by atoms with Crippen LogP contribution in [-0.2, 0) is 29.2 Å². The van der Waals surface area contributed by atoms with Gasteiger partial charge >= 0.3 is 0 Å². The number of aliphatic hydroxyl groups excluding tert-OH is 1. The van der Waals surface area contributed by atoms with Crippen LogP contribution in [0.2, 0.25) is 0 Å². The lowest BCUT2D eigenvalue weighted by Gasteiger charge is -2.35. The Balaban J connectivity index is 1.78. The number of benzene rings is 1. The highest BCUT2D eigenvalue weighted by Crippen LogP contribution is 2.19. The molecule has 32 heavy (non-hydrogen) atoms. The van der Waals surface area contributed by atoms with Crippen molar-refractivity contribution in [1.82, 2.24) is 24.8 Å². The van der Waals surface area contributed by atoms with Crippen molar-refractivity contribution in [3.05, 3.63) is 47.3 Å². The molecule has 3 atom stereocenters. The molecule has 176 valence electrons. The molecule has 1 aromatic carbocycles. The van der Waals surface area contributed by atoms with E-state index in [4.69, 9.17) is 4.74 Å². The molecule has 1 amide bonds. The zero-order chi connectivity index (χ0) is 23.1. The smallest absolute Gasteiger partial charge is 0.222 e. The molecule has 3 rings (SSSR count). The number of nitrogens with zero attached hydrogens (tertiary/aromatic N) is 5. The van der Waals surface area contributed by atoms with Crippen molar-refractivity contribution >= 4 is 5.91 Å². The Labute approximate surface area is 191 Å². The van der Waals surface area contributed by atoms with Gasteiger partial charge in [-0.15, -0.1) is 5.10 Å². The standard InChI is InChI=1S/C24H37N5O3/c1-18-8-5-6-9-21(18)14-27(4)15-23-19(2)13-28(20(3)16-30)24(31)10-7-11-29-22(17-32-23)12-25-26-29/h5-6,8-9,12,19-20,23,30H,7,10-11,13-17H2,1-4H3/t19-,20+,23+/m1/s1. The molecule has 1 N–H and O–H groups in total. The van der Waals surface area contributed by atoms with Gasteiger partial charge in [-0.2, -0.15) is 0 Å². The van der Waals surface area contributed by atoms with Gasteiger partial charge in [0.15, 0.2) is 0 Å². The summed E-state index contributed by atoms with van der Waals surface area (Å²) in [6, 6.07) is 8.19. The molecular weight excluding hydrogens is 406 g/mol. The van der Waals surface area contributed by atoms with Crippen molar-refractivity contribution in [1.29, 1.82) is 0 Å². The van der Waals surface area contributed by atoms with Crippen LogP contribution in [0.3, 0.4) is 0 Å². The molecule has 0 saturated carbocycles. The molecule has 2 heterocycles. The van der Waals surface area contributed by atoms with Crippen LogP contribution in [0.15, 0.2) is 30.5 Å². The summed E-state index contributed by atoms with van der Waals surface area (Å²) in [6.45, 7) is 9.27. The molecule has 2 aromatic rings. The predicted molar refractivity (Wildman–Crippen MR) is 123 cm³/mol. The maximum absolute atomic E-state index is 13.0. The summed E-state index contributed by atoms with van der Waals surface area (Å²) in [5.41, 5.74) is 3.50. The molecule has 0 unspecified atom stereocenters. The lowest BCUT2D eigenvalue weighted by Crippen LogP contribution is -2.47. The zero-order valence-electron chi connectivity index (χ0n) is 19.8. The molecule has 1 aromatic heterocycles. The van der Waals surface area contributed by atoms with Crippen LogP contribution in [0.4, 0.5) is 0 Å².